The van der Waals surface area contributed by atoms with E-state index in [0.717, 1.165) is 18.8 Å². The molecule has 1 unspecified atom stereocenters. The van der Waals surface area contributed by atoms with Crippen LogP contribution in [-0.2, 0) is 6.42 Å². The molecule has 2 heterocycles. The van der Waals surface area contributed by atoms with Crippen LogP contribution in [0.4, 0.5) is 0 Å². The van der Waals surface area contributed by atoms with E-state index in [1.54, 1.807) is 11.3 Å². The van der Waals surface area contributed by atoms with Gasteiger partial charge in [0.1, 0.15) is 5.75 Å². The summed E-state index contributed by atoms with van der Waals surface area (Å²) in [6, 6.07) is 8.41. The molecule has 3 heteroatoms. The highest BCUT2D eigenvalue weighted by Gasteiger charge is 2.17. The summed E-state index contributed by atoms with van der Waals surface area (Å²) >= 11 is 1.73. The van der Waals surface area contributed by atoms with E-state index in [-0.39, 0.29) is 6.04 Å². The molecule has 0 saturated heterocycles. The Morgan fingerprint density at radius 3 is 3.00 bits per heavy atom. The first-order valence-corrected chi connectivity index (χ1v) is 6.69. The van der Waals surface area contributed by atoms with Crippen molar-refractivity contribution in [3.8, 4) is 5.75 Å². The van der Waals surface area contributed by atoms with Crippen molar-refractivity contribution in [1.29, 1.82) is 0 Å². The third-order valence-corrected chi connectivity index (χ3v) is 4.36. The highest BCUT2D eigenvalue weighted by Crippen LogP contribution is 2.32. The Morgan fingerprint density at radius 1 is 1.35 bits per heavy atom. The Morgan fingerprint density at radius 2 is 2.24 bits per heavy atom. The van der Waals surface area contributed by atoms with Crippen LogP contribution in [-0.4, -0.2) is 6.61 Å². The molecule has 1 aliphatic rings. The second-order valence-electron chi connectivity index (χ2n) is 4.41. The molecule has 1 aromatic carbocycles. The molecule has 0 amide bonds. The van der Waals surface area contributed by atoms with Gasteiger partial charge < -0.3 is 10.5 Å². The topological polar surface area (TPSA) is 35.2 Å². The minimum Gasteiger partial charge on any atom is -0.493 e. The SMILES string of the molecule is Cc1ccsc1C(N)c1ccc2c(c1)CCO2. The molecule has 2 aromatic rings. The second kappa shape index (κ2) is 4.17. The fraction of sp³-hybridized carbons (Fsp3) is 0.286. The van der Waals surface area contributed by atoms with Crippen LogP contribution in [0.5, 0.6) is 5.75 Å². The number of ether oxygens (including phenoxy) is 1. The molecular weight excluding hydrogens is 230 g/mol. The lowest BCUT2D eigenvalue weighted by Gasteiger charge is -2.12. The molecular formula is C14H15NOS. The monoisotopic (exact) mass is 245 g/mol. The van der Waals surface area contributed by atoms with E-state index in [4.69, 9.17) is 10.5 Å². The maximum atomic E-state index is 6.33. The predicted octanol–water partition coefficient (Wildman–Crippen LogP) is 3.04. The molecule has 2 nitrogen and oxygen atoms in total. The number of fused-ring (bicyclic) bond motifs is 1. The van der Waals surface area contributed by atoms with Crippen molar-refractivity contribution in [3.63, 3.8) is 0 Å². The van der Waals surface area contributed by atoms with Gasteiger partial charge in [0.25, 0.3) is 0 Å². The van der Waals surface area contributed by atoms with Crippen LogP contribution < -0.4 is 10.5 Å². The summed E-state index contributed by atoms with van der Waals surface area (Å²) < 4.78 is 5.51. The normalized spacial score (nSPS) is 15.4. The molecule has 17 heavy (non-hydrogen) atoms. The molecule has 2 N–H and O–H groups in total. The molecule has 88 valence electrons. The minimum atomic E-state index is -0.0131. The first kappa shape index (κ1) is 10.8. The van der Waals surface area contributed by atoms with Gasteiger partial charge in [-0.2, -0.15) is 0 Å². The second-order valence-corrected chi connectivity index (χ2v) is 5.36. The quantitative estimate of drug-likeness (QED) is 0.882. The van der Waals surface area contributed by atoms with Crippen LogP contribution in [0.1, 0.15) is 27.6 Å². The maximum Gasteiger partial charge on any atom is 0.122 e. The van der Waals surface area contributed by atoms with E-state index < -0.39 is 0 Å². The van der Waals surface area contributed by atoms with Gasteiger partial charge in [-0.3, -0.25) is 0 Å². The summed E-state index contributed by atoms with van der Waals surface area (Å²) in [6.07, 6.45) is 0.999. The number of hydrogen-bond donors (Lipinski definition) is 1. The summed E-state index contributed by atoms with van der Waals surface area (Å²) in [7, 11) is 0. The molecule has 3 rings (SSSR count). The lowest BCUT2D eigenvalue weighted by atomic mass is 10.0. The molecule has 0 spiro atoms. The highest BCUT2D eigenvalue weighted by atomic mass is 32.1. The van der Waals surface area contributed by atoms with Crippen molar-refractivity contribution in [2.75, 3.05) is 6.61 Å². The van der Waals surface area contributed by atoms with Crippen molar-refractivity contribution in [2.45, 2.75) is 19.4 Å². The third-order valence-electron chi connectivity index (χ3n) is 3.26. The fourth-order valence-electron chi connectivity index (χ4n) is 2.25. The Labute approximate surface area is 105 Å². The number of rotatable bonds is 2. The van der Waals surface area contributed by atoms with Crippen molar-refractivity contribution in [1.82, 2.24) is 0 Å². The first-order valence-electron chi connectivity index (χ1n) is 5.81. The summed E-state index contributed by atoms with van der Waals surface area (Å²) in [5.41, 5.74) is 10.1. The number of aryl methyl sites for hydroxylation is 1. The summed E-state index contributed by atoms with van der Waals surface area (Å²) in [5.74, 6) is 1.02. The average Bonchev–Trinajstić information content (AvgIpc) is 2.95. The Bertz CT molecular complexity index is 547. The predicted molar refractivity (Wildman–Crippen MR) is 70.7 cm³/mol. The largest absolute Gasteiger partial charge is 0.493 e. The Balaban J connectivity index is 1.97. The Kier molecular flexibility index (Phi) is 2.65. The lowest BCUT2D eigenvalue weighted by molar-refractivity contribution is 0.357. The smallest absolute Gasteiger partial charge is 0.122 e. The van der Waals surface area contributed by atoms with Crippen molar-refractivity contribution >= 4 is 11.3 Å². The van der Waals surface area contributed by atoms with Crippen molar-refractivity contribution in [3.05, 3.63) is 51.2 Å². The van der Waals surface area contributed by atoms with E-state index in [0.29, 0.717) is 0 Å². The zero-order valence-corrected chi connectivity index (χ0v) is 10.6. The van der Waals surface area contributed by atoms with E-state index in [1.807, 2.05) is 6.07 Å². The third kappa shape index (κ3) is 1.85. The summed E-state index contributed by atoms with van der Waals surface area (Å²) in [5, 5.41) is 2.10. The van der Waals surface area contributed by atoms with Gasteiger partial charge in [-0.15, -0.1) is 11.3 Å². The zero-order valence-electron chi connectivity index (χ0n) is 9.77. The average molecular weight is 245 g/mol. The molecule has 0 bridgehead atoms. The maximum absolute atomic E-state index is 6.33. The van der Waals surface area contributed by atoms with Gasteiger partial charge in [-0.25, -0.2) is 0 Å². The zero-order chi connectivity index (χ0) is 11.8. The van der Waals surface area contributed by atoms with Crippen molar-refractivity contribution < 1.29 is 4.74 Å². The molecule has 1 atom stereocenters. The van der Waals surface area contributed by atoms with Crippen molar-refractivity contribution in [2.24, 2.45) is 5.73 Å². The summed E-state index contributed by atoms with van der Waals surface area (Å²) in [6.45, 7) is 2.91. The van der Waals surface area contributed by atoms with E-state index in [1.165, 1.54) is 21.6 Å². The van der Waals surface area contributed by atoms with Crippen LogP contribution in [0.2, 0.25) is 0 Å². The van der Waals surface area contributed by atoms with Gasteiger partial charge in [0.05, 0.1) is 12.6 Å². The van der Waals surface area contributed by atoms with Gasteiger partial charge >= 0.3 is 0 Å². The number of hydrogen-bond acceptors (Lipinski definition) is 3. The summed E-state index contributed by atoms with van der Waals surface area (Å²) in [4.78, 5) is 1.25. The van der Waals surface area contributed by atoms with Crippen LogP contribution in [0, 0.1) is 6.92 Å². The number of benzene rings is 1. The van der Waals surface area contributed by atoms with Gasteiger partial charge in [-0.05, 0) is 41.1 Å². The molecule has 0 saturated carbocycles. The van der Waals surface area contributed by atoms with E-state index >= 15 is 0 Å². The number of nitrogens with two attached hydrogens (primary N) is 1. The van der Waals surface area contributed by atoms with Gasteiger partial charge in [0, 0.05) is 11.3 Å². The van der Waals surface area contributed by atoms with Crippen LogP contribution >= 0.6 is 11.3 Å². The van der Waals surface area contributed by atoms with Gasteiger partial charge in [0.2, 0.25) is 0 Å². The van der Waals surface area contributed by atoms with Crippen LogP contribution in [0.15, 0.2) is 29.6 Å². The van der Waals surface area contributed by atoms with Gasteiger partial charge in [-0.1, -0.05) is 12.1 Å². The Hall–Kier alpha value is -1.32. The fourth-order valence-corrected chi connectivity index (χ4v) is 3.21. The molecule has 0 aliphatic carbocycles. The number of thiophene rings is 1. The lowest BCUT2D eigenvalue weighted by Crippen LogP contribution is -2.11. The molecule has 0 radical (unpaired) electrons. The van der Waals surface area contributed by atoms with Crippen LogP contribution in [0.3, 0.4) is 0 Å². The van der Waals surface area contributed by atoms with E-state index in [2.05, 4.69) is 30.5 Å². The van der Waals surface area contributed by atoms with Crippen LogP contribution in [0.25, 0.3) is 0 Å². The molecule has 1 aromatic heterocycles. The minimum absolute atomic E-state index is 0.0131. The molecule has 0 fully saturated rings. The van der Waals surface area contributed by atoms with E-state index in [9.17, 15) is 0 Å². The molecule has 1 aliphatic heterocycles. The highest BCUT2D eigenvalue weighted by molar-refractivity contribution is 7.10. The standard InChI is InChI=1S/C14H15NOS/c1-9-5-7-17-14(9)13(15)11-2-3-12-10(8-11)4-6-16-12/h2-3,5,7-8,13H,4,6,15H2,1H3. The van der Waals surface area contributed by atoms with Gasteiger partial charge in [0.15, 0.2) is 0 Å². The first-order chi connectivity index (χ1) is 8.25.